The molecular weight excluding hydrogens is 504 g/mol. The van der Waals surface area contributed by atoms with E-state index in [1.807, 2.05) is 13.8 Å². The molecule has 37 heavy (non-hydrogen) atoms. The van der Waals surface area contributed by atoms with E-state index in [1.165, 1.54) is 0 Å². The zero-order valence-corrected chi connectivity index (χ0v) is 22.8. The zero-order valence-electron chi connectivity index (χ0n) is 22.1. The molecule has 2 fully saturated rings. The molecule has 0 amide bonds. The summed E-state index contributed by atoms with van der Waals surface area (Å²) in [6, 6.07) is 1.18. The van der Waals surface area contributed by atoms with E-state index >= 15 is 0 Å². The average Bonchev–Trinajstić information content (AvgIpc) is 3.51. The van der Waals surface area contributed by atoms with Crippen molar-refractivity contribution in [2.45, 2.75) is 83.3 Å². The number of nitrogens with zero attached hydrogens (tertiary/aromatic N) is 3. The van der Waals surface area contributed by atoms with Crippen molar-refractivity contribution in [3.8, 4) is 0 Å². The third kappa shape index (κ3) is 6.97. The molecule has 0 spiro atoms. The lowest BCUT2D eigenvalue weighted by molar-refractivity contribution is -0.196. The highest BCUT2D eigenvalue weighted by Crippen LogP contribution is 2.44. The van der Waals surface area contributed by atoms with Gasteiger partial charge in [0.25, 0.3) is 0 Å². The van der Waals surface area contributed by atoms with Crippen molar-refractivity contribution in [2.24, 2.45) is 9.98 Å². The molecule has 2 aliphatic heterocycles. The van der Waals surface area contributed by atoms with Crippen LogP contribution in [0.1, 0.15) is 58.7 Å². The van der Waals surface area contributed by atoms with E-state index in [1.54, 1.807) is 37.7 Å². The zero-order chi connectivity index (χ0) is 27.2. The van der Waals surface area contributed by atoms with Crippen LogP contribution in [0.4, 0.5) is 5.82 Å². The summed E-state index contributed by atoms with van der Waals surface area (Å²) in [5.74, 6) is -0.997. The molecule has 0 radical (unpaired) electrons. The smallest absolute Gasteiger partial charge is 0.323 e. The molecule has 0 aliphatic carbocycles. The van der Waals surface area contributed by atoms with Gasteiger partial charge in [0, 0.05) is 26.2 Å². The van der Waals surface area contributed by atoms with Gasteiger partial charge in [-0.2, -0.15) is 0 Å². The number of halogens is 1. The summed E-state index contributed by atoms with van der Waals surface area (Å²) in [5.41, 5.74) is 0.628. The largest absolute Gasteiger partial charge is 0.466 e. The topological polar surface area (TPSA) is 122 Å². The van der Waals surface area contributed by atoms with Gasteiger partial charge in [0.15, 0.2) is 12.0 Å². The standard InChI is InChI=1S/C25H37ClN4O7/c1-7-33-18(31)11-9-10-16(24(32)34-8-2)29-14-17-19-20(37-25(3,4)36-19)23(35-17)30-13-12-15(21(26)27-5)22(30)28-6/h12-13,16-17,19-20,23,29H,6-11,14H2,1-5H3/t16?,17-,19-,20-,23-/m1/s1. The van der Waals surface area contributed by atoms with Gasteiger partial charge >= 0.3 is 11.9 Å². The Bertz CT molecular complexity index is 996. The lowest BCUT2D eigenvalue weighted by Crippen LogP contribution is -2.45. The minimum Gasteiger partial charge on any atom is -0.466 e. The molecule has 2 aliphatic rings. The first-order chi connectivity index (χ1) is 17.6. The summed E-state index contributed by atoms with van der Waals surface area (Å²) >= 11 is 6.27. The van der Waals surface area contributed by atoms with Gasteiger partial charge in [-0.1, -0.05) is 11.6 Å². The molecule has 2 saturated heterocycles. The molecule has 1 unspecified atom stereocenters. The minimum absolute atomic E-state index is 0.222. The molecule has 1 N–H and O–H groups in total. The third-order valence-electron chi connectivity index (χ3n) is 6.17. The fraction of sp³-hybridized carbons (Fsp3) is 0.680. The fourth-order valence-corrected chi connectivity index (χ4v) is 4.78. The van der Waals surface area contributed by atoms with Crippen LogP contribution < -0.4 is 5.32 Å². The van der Waals surface area contributed by atoms with Crippen molar-refractivity contribution in [3.05, 3.63) is 17.8 Å². The van der Waals surface area contributed by atoms with Gasteiger partial charge in [0.1, 0.15) is 35.3 Å². The lowest BCUT2D eigenvalue weighted by Gasteiger charge is -2.26. The molecule has 5 atom stereocenters. The molecule has 12 heteroatoms. The number of rotatable bonds is 13. The maximum Gasteiger partial charge on any atom is 0.323 e. The molecule has 1 aromatic rings. The fourth-order valence-electron chi connectivity index (χ4n) is 4.63. The Morgan fingerprint density at radius 2 is 1.95 bits per heavy atom. The van der Waals surface area contributed by atoms with Gasteiger partial charge in [-0.05, 0) is 53.3 Å². The van der Waals surface area contributed by atoms with Crippen molar-refractivity contribution in [2.75, 3.05) is 26.8 Å². The highest BCUT2D eigenvalue weighted by Gasteiger charge is 2.56. The quantitative estimate of drug-likeness (QED) is 0.299. The van der Waals surface area contributed by atoms with Crippen LogP contribution in [0.2, 0.25) is 0 Å². The highest BCUT2D eigenvalue weighted by molar-refractivity contribution is 6.70. The van der Waals surface area contributed by atoms with Crippen molar-refractivity contribution in [3.63, 3.8) is 0 Å². The van der Waals surface area contributed by atoms with E-state index in [4.69, 9.17) is 35.3 Å². The molecule has 0 aromatic carbocycles. The van der Waals surface area contributed by atoms with Gasteiger partial charge in [0.2, 0.25) is 0 Å². The normalized spacial score (nSPS) is 25.5. The van der Waals surface area contributed by atoms with Gasteiger partial charge in [0.05, 0.1) is 18.8 Å². The summed E-state index contributed by atoms with van der Waals surface area (Å²) in [7, 11) is 1.60. The van der Waals surface area contributed by atoms with Gasteiger partial charge < -0.3 is 33.6 Å². The number of nitrogens with one attached hydrogen (secondary N) is 1. The number of ether oxygens (including phenoxy) is 5. The van der Waals surface area contributed by atoms with Crippen LogP contribution in [0, 0.1) is 0 Å². The van der Waals surface area contributed by atoms with E-state index in [0.717, 1.165) is 0 Å². The molecule has 3 rings (SSSR count). The summed E-state index contributed by atoms with van der Waals surface area (Å²) in [6.07, 6.45) is 1.04. The molecule has 3 heterocycles. The maximum atomic E-state index is 12.6. The van der Waals surface area contributed by atoms with Crippen molar-refractivity contribution >= 4 is 41.2 Å². The van der Waals surface area contributed by atoms with E-state index < -0.39 is 36.4 Å². The van der Waals surface area contributed by atoms with Crippen molar-refractivity contribution in [1.29, 1.82) is 0 Å². The first kappa shape index (κ1) is 29.2. The van der Waals surface area contributed by atoms with Crippen LogP contribution in [0.25, 0.3) is 0 Å². The van der Waals surface area contributed by atoms with Gasteiger partial charge in [-0.25, -0.2) is 4.99 Å². The van der Waals surface area contributed by atoms with Crippen molar-refractivity contribution in [1.82, 2.24) is 9.88 Å². The van der Waals surface area contributed by atoms with Crippen LogP contribution in [-0.4, -0.2) is 85.3 Å². The molecule has 0 bridgehead atoms. The van der Waals surface area contributed by atoms with Crippen LogP contribution in [0.5, 0.6) is 0 Å². The lowest BCUT2D eigenvalue weighted by atomic mass is 10.1. The Hall–Kier alpha value is -2.31. The first-order valence-electron chi connectivity index (χ1n) is 12.5. The van der Waals surface area contributed by atoms with Crippen LogP contribution in [0.3, 0.4) is 0 Å². The summed E-state index contributed by atoms with van der Waals surface area (Å²) in [4.78, 5) is 32.5. The van der Waals surface area contributed by atoms with Crippen LogP contribution in [0.15, 0.2) is 22.2 Å². The molecular formula is C25H37ClN4O7. The molecule has 0 saturated carbocycles. The summed E-state index contributed by atoms with van der Waals surface area (Å²) < 4.78 is 30.8. The number of carbonyl (C=O) groups is 2. The summed E-state index contributed by atoms with van der Waals surface area (Å²) in [5, 5.41) is 3.56. The van der Waals surface area contributed by atoms with E-state index in [9.17, 15) is 9.59 Å². The molecule has 11 nitrogen and oxygen atoms in total. The Balaban J connectivity index is 1.75. The van der Waals surface area contributed by atoms with Crippen LogP contribution in [-0.2, 0) is 33.3 Å². The van der Waals surface area contributed by atoms with Gasteiger partial charge in [-0.3, -0.25) is 14.6 Å². The number of aromatic nitrogens is 1. The third-order valence-corrected chi connectivity index (χ3v) is 6.54. The van der Waals surface area contributed by atoms with Crippen LogP contribution >= 0.6 is 11.6 Å². The second kappa shape index (κ2) is 13.0. The maximum absolute atomic E-state index is 12.6. The van der Waals surface area contributed by atoms with E-state index in [-0.39, 0.29) is 25.0 Å². The summed E-state index contributed by atoms with van der Waals surface area (Å²) in [6.45, 7) is 11.8. The first-order valence-corrected chi connectivity index (χ1v) is 12.9. The molecule has 1 aromatic heterocycles. The number of hydrogen-bond donors (Lipinski definition) is 1. The Morgan fingerprint density at radius 1 is 1.24 bits per heavy atom. The highest BCUT2D eigenvalue weighted by atomic mass is 35.5. The number of hydrogen-bond acceptors (Lipinski definition) is 10. The number of esters is 2. The number of fused-ring (bicyclic) bond motifs is 1. The SMILES string of the molecule is C=Nc1c(C(Cl)=NC)ccn1[C@@H]1O[C@H](CNC(CCCC(=O)OCC)C(=O)OCC)[C@H]2OC(C)(C)O[C@H]21. The number of aliphatic imine (C=N–C) groups is 2. The molecule has 206 valence electrons. The minimum atomic E-state index is -0.823. The van der Waals surface area contributed by atoms with Crippen molar-refractivity contribution < 1.29 is 33.3 Å². The Labute approximate surface area is 222 Å². The second-order valence-corrected chi connectivity index (χ2v) is 9.53. The average molecular weight is 541 g/mol. The predicted octanol–water partition coefficient (Wildman–Crippen LogP) is 3.11. The Morgan fingerprint density at radius 3 is 2.59 bits per heavy atom. The Kier molecular flexibility index (Phi) is 10.3. The monoisotopic (exact) mass is 540 g/mol. The second-order valence-electron chi connectivity index (χ2n) is 9.17. The van der Waals surface area contributed by atoms with Gasteiger partial charge in [-0.15, -0.1) is 0 Å². The predicted molar refractivity (Wildman–Crippen MR) is 139 cm³/mol. The van der Waals surface area contributed by atoms with E-state index in [2.05, 4.69) is 22.0 Å². The van der Waals surface area contributed by atoms with E-state index in [0.29, 0.717) is 42.5 Å². The number of carbonyl (C=O) groups excluding carboxylic acids is 2.